The molecule has 0 aliphatic heterocycles. The Labute approximate surface area is 69.7 Å². The third-order valence-corrected chi connectivity index (χ3v) is 1.68. The van der Waals surface area contributed by atoms with Crippen molar-refractivity contribution < 1.29 is 9.13 Å². The summed E-state index contributed by atoms with van der Waals surface area (Å²) in [6.07, 6.45) is 0. The summed E-state index contributed by atoms with van der Waals surface area (Å²) in [5.41, 5.74) is 0.852. The van der Waals surface area contributed by atoms with Crippen LogP contribution in [-0.4, -0.2) is 7.11 Å². The molecule has 11 heavy (non-hydrogen) atoms. The van der Waals surface area contributed by atoms with Gasteiger partial charge in [0.25, 0.3) is 0 Å². The molecule has 0 aromatic heterocycles. The Kier molecular flexibility index (Phi) is 2.71. The van der Waals surface area contributed by atoms with Crippen molar-refractivity contribution in [2.24, 2.45) is 0 Å². The predicted molar refractivity (Wildman–Crippen MR) is 42.5 cm³/mol. The Morgan fingerprint density at radius 2 is 2.27 bits per heavy atom. The Morgan fingerprint density at radius 3 is 2.82 bits per heavy atom. The normalized spacial score (nSPS) is 9.73. The minimum atomic E-state index is -0.360. The highest BCUT2D eigenvalue weighted by Crippen LogP contribution is 2.18. The van der Waals surface area contributed by atoms with Gasteiger partial charge in [-0.15, -0.1) is 11.6 Å². The van der Waals surface area contributed by atoms with Gasteiger partial charge in [-0.25, -0.2) is 4.39 Å². The summed E-state index contributed by atoms with van der Waals surface area (Å²) in [4.78, 5) is 0. The average molecular weight is 175 g/mol. The largest absolute Gasteiger partial charge is 0.494 e. The van der Waals surface area contributed by atoms with E-state index in [1.807, 2.05) is 0 Å². The van der Waals surface area contributed by atoms with Gasteiger partial charge in [-0.1, -0.05) is 6.07 Å². The van der Waals surface area contributed by atoms with E-state index in [0.29, 0.717) is 5.88 Å². The van der Waals surface area contributed by atoms with Crippen molar-refractivity contribution in [3.05, 3.63) is 29.6 Å². The van der Waals surface area contributed by atoms with Crippen LogP contribution in [0.4, 0.5) is 4.39 Å². The van der Waals surface area contributed by atoms with Gasteiger partial charge < -0.3 is 4.74 Å². The summed E-state index contributed by atoms with van der Waals surface area (Å²) in [5, 5.41) is 0. The predicted octanol–water partition coefficient (Wildman–Crippen LogP) is 2.57. The van der Waals surface area contributed by atoms with E-state index in [9.17, 15) is 4.39 Å². The van der Waals surface area contributed by atoms with Crippen LogP contribution in [0.3, 0.4) is 0 Å². The fourth-order valence-corrected chi connectivity index (χ4v) is 0.954. The molecule has 0 unspecified atom stereocenters. The van der Waals surface area contributed by atoms with E-state index in [4.69, 9.17) is 16.3 Å². The van der Waals surface area contributed by atoms with Gasteiger partial charge in [0.2, 0.25) is 0 Å². The van der Waals surface area contributed by atoms with E-state index in [1.54, 1.807) is 12.1 Å². The van der Waals surface area contributed by atoms with E-state index in [1.165, 1.54) is 13.2 Å². The lowest BCUT2D eigenvalue weighted by molar-refractivity contribution is 0.386. The second kappa shape index (κ2) is 3.58. The summed E-state index contributed by atoms with van der Waals surface area (Å²) in [6.45, 7) is 0. The molecule has 0 saturated heterocycles. The average Bonchev–Trinajstić information content (AvgIpc) is 2.05. The van der Waals surface area contributed by atoms with Gasteiger partial charge in [-0.05, 0) is 17.7 Å². The van der Waals surface area contributed by atoms with Crippen molar-refractivity contribution in [1.29, 1.82) is 0 Å². The number of benzene rings is 1. The maximum Gasteiger partial charge on any atom is 0.165 e. The van der Waals surface area contributed by atoms with Crippen LogP contribution in [0.5, 0.6) is 5.75 Å². The fraction of sp³-hybridized carbons (Fsp3) is 0.250. The van der Waals surface area contributed by atoms with Gasteiger partial charge in [-0.3, -0.25) is 0 Å². The van der Waals surface area contributed by atoms with Crippen LogP contribution < -0.4 is 4.74 Å². The Bertz CT molecular complexity index is 250. The SMILES string of the molecule is COc1cc(CCl)ccc1F. The van der Waals surface area contributed by atoms with E-state index >= 15 is 0 Å². The molecule has 60 valence electrons. The summed E-state index contributed by atoms with van der Waals surface area (Å²) >= 11 is 5.53. The lowest BCUT2D eigenvalue weighted by atomic mass is 10.2. The molecule has 1 rings (SSSR count). The molecular weight excluding hydrogens is 167 g/mol. The number of methoxy groups -OCH3 is 1. The molecule has 0 N–H and O–H groups in total. The second-order valence-electron chi connectivity index (χ2n) is 2.10. The van der Waals surface area contributed by atoms with E-state index in [0.717, 1.165) is 5.56 Å². The standard InChI is InChI=1S/C8H8ClFO/c1-11-8-4-6(5-9)2-3-7(8)10/h2-4H,5H2,1H3. The van der Waals surface area contributed by atoms with Crippen LogP contribution in [-0.2, 0) is 5.88 Å². The quantitative estimate of drug-likeness (QED) is 0.627. The molecule has 1 aromatic rings. The van der Waals surface area contributed by atoms with Crippen LogP contribution in [0.1, 0.15) is 5.56 Å². The van der Waals surface area contributed by atoms with Crippen LogP contribution >= 0.6 is 11.6 Å². The molecule has 0 saturated carbocycles. The van der Waals surface area contributed by atoms with Crippen molar-refractivity contribution in [3.63, 3.8) is 0 Å². The van der Waals surface area contributed by atoms with Gasteiger partial charge in [-0.2, -0.15) is 0 Å². The van der Waals surface area contributed by atoms with E-state index < -0.39 is 0 Å². The third kappa shape index (κ3) is 1.84. The molecule has 0 aliphatic rings. The van der Waals surface area contributed by atoms with Gasteiger partial charge in [0, 0.05) is 5.88 Å². The minimum Gasteiger partial charge on any atom is -0.494 e. The molecule has 0 spiro atoms. The number of hydrogen-bond donors (Lipinski definition) is 0. The fourth-order valence-electron chi connectivity index (χ4n) is 0.787. The summed E-state index contributed by atoms with van der Waals surface area (Å²) < 4.78 is 17.5. The first-order chi connectivity index (χ1) is 5.27. The monoisotopic (exact) mass is 174 g/mol. The number of hydrogen-bond acceptors (Lipinski definition) is 1. The Balaban J connectivity index is 3.02. The zero-order valence-electron chi connectivity index (χ0n) is 6.10. The summed E-state index contributed by atoms with van der Waals surface area (Å²) in [5.74, 6) is 0.251. The highest BCUT2D eigenvalue weighted by molar-refractivity contribution is 6.17. The Hall–Kier alpha value is -0.760. The second-order valence-corrected chi connectivity index (χ2v) is 2.37. The van der Waals surface area contributed by atoms with Gasteiger partial charge in [0.15, 0.2) is 11.6 Å². The molecule has 0 fully saturated rings. The van der Waals surface area contributed by atoms with Gasteiger partial charge in [0.1, 0.15) is 0 Å². The first-order valence-corrected chi connectivity index (χ1v) is 3.69. The van der Waals surface area contributed by atoms with Crippen molar-refractivity contribution in [1.82, 2.24) is 0 Å². The number of alkyl halides is 1. The van der Waals surface area contributed by atoms with Crippen molar-refractivity contribution in [2.75, 3.05) is 7.11 Å². The number of halogens is 2. The van der Waals surface area contributed by atoms with Crippen LogP contribution in [0.15, 0.2) is 18.2 Å². The highest BCUT2D eigenvalue weighted by Gasteiger charge is 2.01. The molecule has 1 nitrogen and oxygen atoms in total. The van der Waals surface area contributed by atoms with Crippen LogP contribution in [0.2, 0.25) is 0 Å². The highest BCUT2D eigenvalue weighted by atomic mass is 35.5. The third-order valence-electron chi connectivity index (χ3n) is 1.37. The summed E-state index contributed by atoms with van der Waals surface area (Å²) in [6, 6.07) is 4.56. The minimum absolute atomic E-state index is 0.239. The zero-order chi connectivity index (χ0) is 8.27. The van der Waals surface area contributed by atoms with Crippen LogP contribution in [0.25, 0.3) is 0 Å². The molecule has 0 aliphatic carbocycles. The lowest BCUT2D eigenvalue weighted by Crippen LogP contribution is -1.89. The first-order valence-electron chi connectivity index (χ1n) is 3.16. The number of ether oxygens (including phenoxy) is 1. The molecule has 0 amide bonds. The van der Waals surface area contributed by atoms with Gasteiger partial charge >= 0.3 is 0 Å². The molecule has 0 bridgehead atoms. The molecule has 0 atom stereocenters. The molecule has 0 radical (unpaired) electrons. The molecule has 1 aromatic carbocycles. The smallest absolute Gasteiger partial charge is 0.165 e. The Morgan fingerprint density at radius 1 is 1.55 bits per heavy atom. The molecular formula is C8H8ClFO. The van der Waals surface area contributed by atoms with Crippen molar-refractivity contribution in [2.45, 2.75) is 5.88 Å². The maximum atomic E-state index is 12.7. The topological polar surface area (TPSA) is 9.23 Å². The van der Waals surface area contributed by atoms with Crippen molar-refractivity contribution >= 4 is 11.6 Å². The maximum absolute atomic E-state index is 12.7. The van der Waals surface area contributed by atoms with E-state index in [-0.39, 0.29) is 11.6 Å². The first kappa shape index (κ1) is 8.34. The number of rotatable bonds is 2. The summed E-state index contributed by atoms with van der Waals surface area (Å²) in [7, 11) is 1.43. The van der Waals surface area contributed by atoms with E-state index in [2.05, 4.69) is 0 Å². The van der Waals surface area contributed by atoms with Gasteiger partial charge in [0.05, 0.1) is 7.11 Å². The lowest BCUT2D eigenvalue weighted by Gasteiger charge is -2.02. The molecule has 3 heteroatoms. The molecule has 0 heterocycles. The van der Waals surface area contributed by atoms with Crippen molar-refractivity contribution in [3.8, 4) is 5.75 Å². The van der Waals surface area contributed by atoms with Crippen LogP contribution in [0, 0.1) is 5.82 Å². The zero-order valence-corrected chi connectivity index (χ0v) is 6.86.